The van der Waals surface area contributed by atoms with Gasteiger partial charge in [-0.3, -0.25) is 0 Å². The van der Waals surface area contributed by atoms with Crippen LogP contribution in [0.4, 0.5) is 5.69 Å². The monoisotopic (exact) mass is 557 g/mol. The van der Waals surface area contributed by atoms with Crippen LogP contribution in [-0.4, -0.2) is 66.2 Å². The first kappa shape index (κ1) is 27.6. The molecule has 3 aromatic rings. The molecule has 2 aromatic carbocycles. The first-order chi connectivity index (χ1) is 17.7. The van der Waals surface area contributed by atoms with Gasteiger partial charge in [0.15, 0.2) is 0 Å². The fourth-order valence-electron chi connectivity index (χ4n) is 4.15. The summed E-state index contributed by atoms with van der Waals surface area (Å²) in [4.78, 5) is 2.57. The lowest BCUT2D eigenvalue weighted by Gasteiger charge is -2.25. The topological polar surface area (TPSA) is 16.4 Å². The van der Waals surface area contributed by atoms with Gasteiger partial charge in [-0.05, 0) is 42.0 Å². The number of rotatable bonds is 4. The van der Waals surface area contributed by atoms with Crippen molar-refractivity contribution in [3.05, 3.63) is 65.9 Å². The van der Waals surface area contributed by atoms with Crippen molar-refractivity contribution in [3.8, 4) is 5.75 Å². The lowest BCUT2D eigenvalue weighted by Crippen LogP contribution is -2.32. The van der Waals surface area contributed by atoms with Crippen molar-refractivity contribution >= 4 is 75.8 Å². The minimum absolute atomic E-state index is 0.889. The summed E-state index contributed by atoms with van der Waals surface area (Å²) in [7, 11) is 3.83. The molecule has 0 unspecified atom stereocenters. The summed E-state index contributed by atoms with van der Waals surface area (Å²) < 4.78 is 7.60. The molecule has 4 rings (SSSR count). The molecule has 1 aromatic heterocycles. The normalized spacial score (nSPS) is 17.1. The molecule has 0 saturated carbocycles. The van der Waals surface area contributed by atoms with Crippen LogP contribution in [0.25, 0.3) is 23.1 Å². The van der Waals surface area contributed by atoms with Gasteiger partial charge in [-0.2, -0.15) is 51.6 Å². The second kappa shape index (κ2) is 15.1. The molecular weight excluding hydrogens is 521 g/mol. The third kappa shape index (κ3) is 8.30. The Morgan fingerprint density at radius 1 is 0.722 bits per heavy atom. The zero-order chi connectivity index (χ0) is 25.0. The Bertz CT molecular complexity index is 1100. The highest BCUT2D eigenvalue weighted by atomic mass is 32.2. The van der Waals surface area contributed by atoms with Crippen molar-refractivity contribution in [1.29, 1.82) is 0 Å². The molecule has 0 radical (unpaired) electrons. The van der Waals surface area contributed by atoms with Gasteiger partial charge in [0.2, 0.25) is 11.2 Å². The van der Waals surface area contributed by atoms with Gasteiger partial charge in [-0.15, -0.1) is 0 Å². The summed E-state index contributed by atoms with van der Waals surface area (Å²) in [6.45, 7) is 2.25. The highest BCUT2D eigenvalue weighted by molar-refractivity contribution is 8.05. The smallest absolute Gasteiger partial charge is 0.212 e. The molecule has 0 aliphatic carbocycles. The second-order valence-corrected chi connectivity index (χ2v) is 13.5. The highest BCUT2D eigenvalue weighted by Gasteiger charge is 2.11. The van der Waals surface area contributed by atoms with Crippen molar-refractivity contribution in [2.45, 2.75) is 0 Å². The van der Waals surface area contributed by atoms with Gasteiger partial charge in [0.05, 0.1) is 12.5 Å². The first-order valence-electron chi connectivity index (χ1n) is 12.6. The van der Waals surface area contributed by atoms with Gasteiger partial charge in [0, 0.05) is 83.0 Å². The SMILES string of the molecule is COc1ccc2c(ccc(/C=C/c3ccc(N4CCSCCSCCSCCSCC4)cc3)[n+]2C)c1. The van der Waals surface area contributed by atoms with Crippen LogP contribution >= 0.6 is 47.0 Å². The fourth-order valence-corrected chi connectivity index (χ4v) is 8.49. The number of methoxy groups -OCH3 is 1. The number of thioether (sulfide) groups is 4. The molecule has 192 valence electrons. The number of hydrogen-bond donors (Lipinski definition) is 0. The number of aromatic nitrogens is 1. The standard InChI is InChI=1S/C29H37N2OS4/c1-30-26(10-6-25-23-28(32-2)11-12-29(25)30)7-3-24-4-8-27(9-5-24)31-13-15-33-17-19-35-21-22-36-20-18-34-16-14-31/h3-12,23H,13-22H2,1-2H3/q+1. The molecule has 0 spiro atoms. The van der Waals surface area contributed by atoms with E-state index in [1.54, 1.807) is 7.11 Å². The summed E-state index contributed by atoms with van der Waals surface area (Å²) in [5.41, 5.74) is 4.93. The van der Waals surface area contributed by atoms with Gasteiger partial charge in [-0.1, -0.05) is 12.1 Å². The molecule has 0 atom stereocenters. The van der Waals surface area contributed by atoms with Crippen molar-refractivity contribution in [3.63, 3.8) is 0 Å². The molecular formula is C29H37N2OS4+. The van der Waals surface area contributed by atoms with E-state index < -0.39 is 0 Å². The van der Waals surface area contributed by atoms with E-state index in [9.17, 15) is 0 Å². The van der Waals surface area contributed by atoms with E-state index >= 15 is 0 Å². The van der Waals surface area contributed by atoms with Gasteiger partial charge >= 0.3 is 0 Å². The van der Waals surface area contributed by atoms with Crippen LogP contribution in [0, 0.1) is 0 Å². The lowest BCUT2D eigenvalue weighted by atomic mass is 10.1. The molecule has 2 heterocycles. The Labute approximate surface area is 233 Å². The van der Waals surface area contributed by atoms with E-state index in [4.69, 9.17) is 4.74 Å². The predicted octanol–water partition coefficient (Wildman–Crippen LogP) is 6.60. The van der Waals surface area contributed by atoms with Gasteiger partial charge in [-0.25, -0.2) is 0 Å². The van der Waals surface area contributed by atoms with E-state index in [1.165, 1.54) is 73.9 Å². The molecule has 1 aliphatic heterocycles. The maximum Gasteiger partial charge on any atom is 0.212 e. The van der Waals surface area contributed by atoms with Crippen LogP contribution in [0.3, 0.4) is 0 Å². The first-order valence-corrected chi connectivity index (χ1v) is 17.2. The number of aryl methyl sites for hydroxylation is 1. The maximum atomic E-state index is 5.37. The maximum absolute atomic E-state index is 5.37. The summed E-state index contributed by atoms with van der Waals surface area (Å²) >= 11 is 8.43. The molecule has 36 heavy (non-hydrogen) atoms. The number of fused-ring (bicyclic) bond motifs is 1. The Morgan fingerprint density at radius 3 is 1.94 bits per heavy atom. The summed E-state index contributed by atoms with van der Waals surface area (Å²) in [5.74, 6) is 11.0. The lowest BCUT2D eigenvalue weighted by molar-refractivity contribution is -0.646. The number of hydrogen-bond acceptors (Lipinski definition) is 6. The molecule has 1 saturated heterocycles. The van der Waals surface area contributed by atoms with Crippen molar-refractivity contribution in [1.82, 2.24) is 0 Å². The molecule has 3 nitrogen and oxygen atoms in total. The Morgan fingerprint density at radius 2 is 1.33 bits per heavy atom. The van der Waals surface area contributed by atoms with E-state index in [1.807, 2.05) is 6.07 Å². The zero-order valence-electron chi connectivity index (χ0n) is 21.4. The second-order valence-electron chi connectivity index (χ2n) is 8.60. The van der Waals surface area contributed by atoms with Crippen molar-refractivity contribution < 1.29 is 9.30 Å². The molecule has 7 heteroatoms. The largest absolute Gasteiger partial charge is 0.497 e. The Kier molecular flexibility index (Phi) is 11.6. The minimum Gasteiger partial charge on any atom is -0.497 e. The number of ether oxygens (including phenoxy) is 1. The summed E-state index contributed by atoms with van der Waals surface area (Å²) in [6, 6.07) is 19.6. The van der Waals surface area contributed by atoms with Crippen LogP contribution in [0.15, 0.2) is 54.6 Å². The Hall–Kier alpha value is -1.41. The van der Waals surface area contributed by atoms with Crippen molar-refractivity contribution in [2.24, 2.45) is 7.05 Å². The van der Waals surface area contributed by atoms with E-state index in [-0.39, 0.29) is 0 Å². The van der Waals surface area contributed by atoms with Crippen LogP contribution in [0.2, 0.25) is 0 Å². The van der Waals surface area contributed by atoms with Gasteiger partial charge in [0.1, 0.15) is 12.8 Å². The van der Waals surface area contributed by atoms with E-state index in [0.29, 0.717) is 0 Å². The molecule has 0 amide bonds. The van der Waals surface area contributed by atoms with Gasteiger partial charge < -0.3 is 9.64 Å². The number of pyridine rings is 1. The average molecular weight is 558 g/mol. The number of nitrogens with zero attached hydrogens (tertiary/aromatic N) is 2. The molecule has 1 fully saturated rings. The third-order valence-electron chi connectivity index (χ3n) is 6.25. The molecule has 0 bridgehead atoms. The van der Waals surface area contributed by atoms with E-state index in [2.05, 4.69) is 124 Å². The quantitative estimate of drug-likeness (QED) is 0.334. The van der Waals surface area contributed by atoms with Crippen LogP contribution < -0.4 is 14.2 Å². The Balaban J connectivity index is 1.40. The summed E-state index contributed by atoms with van der Waals surface area (Å²) in [6.07, 6.45) is 4.41. The average Bonchev–Trinajstić information content (AvgIpc) is 2.92. The van der Waals surface area contributed by atoms with Gasteiger partial charge in [0.25, 0.3) is 0 Å². The minimum atomic E-state index is 0.889. The zero-order valence-corrected chi connectivity index (χ0v) is 24.6. The predicted molar refractivity (Wildman–Crippen MR) is 169 cm³/mol. The summed E-state index contributed by atoms with van der Waals surface area (Å²) in [5, 5.41) is 1.18. The number of benzene rings is 2. The molecule has 1 aliphatic rings. The van der Waals surface area contributed by atoms with Crippen LogP contribution in [0.1, 0.15) is 11.3 Å². The van der Waals surface area contributed by atoms with E-state index in [0.717, 1.165) is 18.8 Å². The molecule has 0 N–H and O–H groups in total. The number of anilines is 1. The fraction of sp³-hybridized carbons (Fsp3) is 0.414. The third-order valence-corrected chi connectivity index (χ3v) is 10.9. The van der Waals surface area contributed by atoms with Crippen LogP contribution in [-0.2, 0) is 7.05 Å². The highest BCUT2D eigenvalue weighted by Crippen LogP contribution is 2.21. The van der Waals surface area contributed by atoms with Crippen LogP contribution in [0.5, 0.6) is 5.75 Å². The van der Waals surface area contributed by atoms with Crippen molar-refractivity contribution in [2.75, 3.05) is 71.1 Å².